The lowest BCUT2D eigenvalue weighted by molar-refractivity contribution is -0.172. The van der Waals surface area contributed by atoms with Crippen LogP contribution in [0.4, 0.5) is 16.2 Å². The number of carbonyl (C=O) groups excluding carboxylic acids is 1. The highest BCUT2D eigenvalue weighted by molar-refractivity contribution is 7.36. The van der Waals surface area contributed by atoms with Gasteiger partial charge < -0.3 is 24.6 Å². The van der Waals surface area contributed by atoms with Gasteiger partial charge in [-0.25, -0.2) is 14.5 Å². The Morgan fingerprint density at radius 2 is 2.15 bits per heavy atom. The largest absolute Gasteiger partial charge is 0.462 e. The zero-order valence-electron chi connectivity index (χ0n) is 19.5. The summed E-state index contributed by atoms with van der Waals surface area (Å²) in [5, 5.41) is 2.50. The minimum Gasteiger partial charge on any atom is -0.462 e. The van der Waals surface area contributed by atoms with Crippen molar-refractivity contribution in [2.45, 2.75) is 58.3 Å². The average molecular weight is 487 g/mol. The first-order valence-corrected chi connectivity index (χ1v) is 11.9. The van der Waals surface area contributed by atoms with Crippen LogP contribution in [0.25, 0.3) is 11.2 Å². The molecule has 5 atom stereocenters. The van der Waals surface area contributed by atoms with E-state index in [4.69, 9.17) is 19.7 Å². The van der Waals surface area contributed by atoms with Crippen LogP contribution in [0.15, 0.2) is 6.33 Å². The first kappa shape index (κ1) is 25.3. The van der Waals surface area contributed by atoms with Crippen molar-refractivity contribution in [2.24, 2.45) is 5.92 Å². The molecule has 1 unspecified atom stereocenters. The molecule has 1 fully saturated rings. The van der Waals surface area contributed by atoms with Crippen molar-refractivity contribution in [1.82, 2.24) is 24.6 Å². The van der Waals surface area contributed by atoms with Gasteiger partial charge in [0, 0.05) is 26.4 Å². The molecule has 1 aliphatic rings. The number of esters is 1. The standard InChI is InChI=1S/C19H31FN7O5P/c1-10(2)31-17(28)12(4)25-33(29)30-8-19(20)7-11(3)16(32-19)27-9-22-13-14(26(5)6)23-18(21)24-15(13)27/h9-12,16,33H,7-8H2,1-6H3,(H,25,29)(H2,21,23,24)/t11-,12+,16+,19-/m0/s1. The van der Waals surface area contributed by atoms with Crippen LogP contribution in [0.2, 0.25) is 0 Å². The van der Waals surface area contributed by atoms with Gasteiger partial charge in [-0.2, -0.15) is 9.97 Å². The van der Waals surface area contributed by atoms with E-state index < -0.39 is 38.9 Å². The van der Waals surface area contributed by atoms with E-state index in [9.17, 15) is 9.36 Å². The number of hydrogen-bond donors (Lipinski definition) is 2. The van der Waals surface area contributed by atoms with Crippen molar-refractivity contribution in [3.63, 3.8) is 0 Å². The van der Waals surface area contributed by atoms with E-state index in [-0.39, 0.29) is 24.4 Å². The average Bonchev–Trinajstić information content (AvgIpc) is 3.25. The third-order valence-electron chi connectivity index (χ3n) is 5.02. The third kappa shape index (κ3) is 5.78. The maximum absolute atomic E-state index is 15.4. The van der Waals surface area contributed by atoms with Crippen LogP contribution in [0.3, 0.4) is 0 Å². The maximum Gasteiger partial charge on any atom is 0.323 e. The molecule has 0 spiro atoms. The molecule has 0 amide bonds. The normalized spacial score (nSPS) is 24.8. The van der Waals surface area contributed by atoms with Crippen molar-refractivity contribution < 1.29 is 27.7 Å². The number of nitrogens with zero attached hydrogens (tertiary/aromatic N) is 5. The molecule has 184 valence electrons. The number of nitrogens with two attached hydrogens (primary N) is 1. The van der Waals surface area contributed by atoms with Gasteiger partial charge in [0.1, 0.15) is 18.9 Å². The van der Waals surface area contributed by atoms with Gasteiger partial charge in [0.05, 0.1) is 12.4 Å². The zero-order chi connectivity index (χ0) is 24.5. The predicted octanol–water partition coefficient (Wildman–Crippen LogP) is 2.03. The summed E-state index contributed by atoms with van der Waals surface area (Å²) in [6, 6.07) is -0.862. The van der Waals surface area contributed by atoms with Gasteiger partial charge in [-0.1, -0.05) is 6.92 Å². The third-order valence-corrected chi connectivity index (χ3v) is 6.10. The molecule has 14 heteroatoms. The Morgan fingerprint density at radius 1 is 1.45 bits per heavy atom. The molecule has 2 aromatic heterocycles. The van der Waals surface area contributed by atoms with Gasteiger partial charge in [0.15, 0.2) is 17.0 Å². The first-order chi connectivity index (χ1) is 15.4. The molecular weight excluding hydrogens is 456 g/mol. The Kier molecular flexibility index (Phi) is 7.57. The van der Waals surface area contributed by atoms with Crippen LogP contribution in [0.1, 0.15) is 40.3 Å². The van der Waals surface area contributed by atoms with Crippen LogP contribution < -0.4 is 15.7 Å². The monoisotopic (exact) mass is 487 g/mol. The number of ether oxygens (including phenoxy) is 2. The molecule has 0 radical (unpaired) electrons. The first-order valence-electron chi connectivity index (χ1n) is 10.6. The number of nitrogens with one attached hydrogen (secondary N) is 1. The fourth-order valence-corrected chi connectivity index (χ4v) is 4.49. The fourth-order valence-electron chi connectivity index (χ4n) is 3.59. The molecular formula is C19H31FN7O5P. The van der Waals surface area contributed by atoms with E-state index in [1.54, 1.807) is 37.4 Å². The van der Waals surface area contributed by atoms with Crippen LogP contribution in [0.5, 0.6) is 0 Å². The quantitative estimate of drug-likeness (QED) is 0.395. The Morgan fingerprint density at radius 3 is 2.79 bits per heavy atom. The van der Waals surface area contributed by atoms with Crippen molar-refractivity contribution >= 4 is 37.1 Å². The van der Waals surface area contributed by atoms with Gasteiger partial charge in [-0.15, -0.1) is 0 Å². The number of halogens is 1. The lowest BCUT2D eigenvalue weighted by Gasteiger charge is -2.22. The molecule has 0 aliphatic carbocycles. The Hall–Kier alpha value is -2.34. The number of aromatic nitrogens is 4. The Labute approximate surface area is 191 Å². The molecule has 0 bridgehead atoms. The van der Waals surface area contributed by atoms with Crippen molar-refractivity contribution in [3.05, 3.63) is 6.33 Å². The summed E-state index contributed by atoms with van der Waals surface area (Å²) >= 11 is 0. The smallest absolute Gasteiger partial charge is 0.323 e. The van der Waals surface area contributed by atoms with Gasteiger partial charge in [0.2, 0.25) is 11.8 Å². The second-order valence-corrected chi connectivity index (χ2v) is 9.78. The Balaban J connectivity index is 1.68. The van der Waals surface area contributed by atoms with E-state index in [1.807, 2.05) is 6.92 Å². The van der Waals surface area contributed by atoms with E-state index in [2.05, 4.69) is 20.0 Å². The highest BCUT2D eigenvalue weighted by atomic mass is 31.1. The molecule has 1 aliphatic heterocycles. The molecule has 12 nitrogen and oxygen atoms in total. The number of alkyl halides is 1. The number of hydrogen-bond acceptors (Lipinski definition) is 10. The number of nitrogen functional groups attached to an aromatic ring is 1. The molecule has 3 N–H and O–H groups in total. The highest BCUT2D eigenvalue weighted by Gasteiger charge is 2.47. The number of fused-ring (bicyclic) bond motifs is 1. The summed E-state index contributed by atoms with van der Waals surface area (Å²) in [6.07, 6.45) is 0.464. The summed E-state index contributed by atoms with van der Waals surface area (Å²) in [5.74, 6) is -2.44. The van der Waals surface area contributed by atoms with Crippen LogP contribution in [-0.2, 0) is 23.4 Å². The summed E-state index contributed by atoms with van der Waals surface area (Å²) < 4.78 is 45.2. The lowest BCUT2D eigenvalue weighted by Crippen LogP contribution is -2.34. The fraction of sp³-hybridized carbons (Fsp3) is 0.684. The number of rotatable bonds is 9. The topological polar surface area (TPSA) is 147 Å². The number of anilines is 2. The lowest BCUT2D eigenvalue weighted by atomic mass is 10.1. The van der Waals surface area contributed by atoms with E-state index in [0.29, 0.717) is 17.0 Å². The van der Waals surface area contributed by atoms with E-state index >= 15 is 4.39 Å². The highest BCUT2D eigenvalue weighted by Crippen LogP contribution is 2.44. The molecule has 2 aromatic rings. The van der Waals surface area contributed by atoms with Gasteiger partial charge in [-0.05, 0) is 20.8 Å². The predicted molar refractivity (Wildman–Crippen MR) is 121 cm³/mol. The minimum absolute atomic E-state index is 0.00145. The second-order valence-electron chi connectivity index (χ2n) is 8.62. The van der Waals surface area contributed by atoms with Gasteiger partial charge >= 0.3 is 5.97 Å². The van der Waals surface area contributed by atoms with Gasteiger partial charge in [-0.3, -0.25) is 13.9 Å². The molecule has 3 rings (SSSR count). The molecule has 0 aromatic carbocycles. The molecule has 33 heavy (non-hydrogen) atoms. The van der Waals surface area contributed by atoms with Crippen LogP contribution >= 0.6 is 8.18 Å². The molecule has 3 heterocycles. The Bertz CT molecular complexity index is 1040. The molecule has 1 saturated heterocycles. The molecule has 0 saturated carbocycles. The van der Waals surface area contributed by atoms with E-state index in [1.165, 1.54) is 13.3 Å². The summed E-state index contributed by atoms with van der Waals surface area (Å²) in [6.45, 7) is 6.15. The van der Waals surface area contributed by atoms with Crippen LogP contribution in [0, 0.1) is 5.92 Å². The summed E-state index contributed by atoms with van der Waals surface area (Å²) in [4.78, 5) is 26.4. The summed E-state index contributed by atoms with van der Waals surface area (Å²) in [7, 11) is 0.689. The maximum atomic E-state index is 15.4. The number of imidazole rings is 1. The van der Waals surface area contributed by atoms with Crippen LogP contribution in [-0.4, -0.2) is 64.2 Å². The van der Waals surface area contributed by atoms with Gasteiger partial charge in [0.25, 0.3) is 8.18 Å². The van der Waals surface area contributed by atoms with Crippen molar-refractivity contribution in [1.29, 1.82) is 0 Å². The van der Waals surface area contributed by atoms with Crippen molar-refractivity contribution in [2.75, 3.05) is 31.3 Å². The zero-order valence-corrected chi connectivity index (χ0v) is 20.5. The van der Waals surface area contributed by atoms with Crippen molar-refractivity contribution in [3.8, 4) is 0 Å². The minimum atomic E-state index is -2.92. The van der Waals surface area contributed by atoms with E-state index in [0.717, 1.165) is 0 Å². The second kappa shape index (κ2) is 9.88. The summed E-state index contributed by atoms with van der Waals surface area (Å²) in [5.41, 5.74) is 6.78. The number of carbonyl (C=O) groups is 1. The SMILES string of the molecule is CC(C)OC(=O)[C@@H](C)N[PH](=O)OC[C@]1(F)C[C@H](C)[C@H](n2cnc3c(N(C)C)nc(N)nc32)O1.